The Morgan fingerprint density at radius 2 is 1.88 bits per heavy atom. The van der Waals surface area contributed by atoms with Crippen LogP contribution in [-0.2, 0) is 11.4 Å². The second-order valence-electron chi connectivity index (χ2n) is 5.67. The number of carbonyl (C=O) groups is 1. The highest BCUT2D eigenvalue weighted by Crippen LogP contribution is 2.18. The topological polar surface area (TPSA) is 50.4 Å². The molecule has 5 heteroatoms. The van der Waals surface area contributed by atoms with Gasteiger partial charge in [0.25, 0.3) is 0 Å². The van der Waals surface area contributed by atoms with E-state index in [1.54, 1.807) is 7.05 Å². The van der Waals surface area contributed by atoms with E-state index in [4.69, 9.17) is 4.74 Å². The standard InChI is InChI=1S/C19H24N2O2.ClH/c1-14-5-4-6-16(11-14)13-23-18-9-7-17(8-10-18)15(2)21-19(22)12-20-3;/h4-11,15,20H,12-13H2,1-3H3,(H,21,22);1H. The molecule has 0 bridgehead atoms. The maximum absolute atomic E-state index is 11.6. The van der Waals surface area contributed by atoms with Crippen molar-refractivity contribution in [1.29, 1.82) is 0 Å². The van der Waals surface area contributed by atoms with E-state index in [0.29, 0.717) is 13.2 Å². The Morgan fingerprint density at radius 3 is 2.50 bits per heavy atom. The number of amides is 1. The summed E-state index contributed by atoms with van der Waals surface area (Å²) in [4.78, 5) is 11.6. The van der Waals surface area contributed by atoms with E-state index < -0.39 is 0 Å². The number of halogens is 1. The van der Waals surface area contributed by atoms with Gasteiger partial charge in [0.05, 0.1) is 12.6 Å². The molecule has 24 heavy (non-hydrogen) atoms. The lowest BCUT2D eigenvalue weighted by Gasteiger charge is -2.15. The molecule has 0 saturated carbocycles. The van der Waals surface area contributed by atoms with E-state index >= 15 is 0 Å². The molecule has 2 aromatic carbocycles. The van der Waals surface area contributed by atoms with E-state index in [1.807, 2.05) is 37.3 Å². The van der Waals surface area contributed by atoms with Crippen LogP contribution in [0.1, 0.15) is 29.7 Å². The minimum Gasteiger partial charge on any atom is -0.489 e. The van der Waals surface area contributed by atoms with Crippen LogP contribution in [-0.4, -0.2) is 19.5 Å². The fourth-order valence-corrected chi connectivity index (χ4v) is 2.36. The molecule has 0 saturated heterocycles. The summed E-state index contributed by atoms with van der Waals surface area (Å²) in [5.41, 5.74) is 3.44. The summed E-state index contributed by atoms with van der Waals surface area (Å²) in [5, 5.41) is 5.78. The number of likely N-dealkylation sites (N-methyl/N-ethyl adjacent to an activating group) is 1. The van der Waals surface area contributed by atoms with Gasteiger partial charge in [-0.25, -0.2) is 0 Å². The molecule has 0 radical (unpaired) electrons. The maximum atomic E-state index is 11.6. The Morgan fingerprint density at radius 1 is 1.17 bits per heavy atom. The van der Waals surface area contributed by atoms with Crippen molar-refractivity contribution in [2.75, 3.05) is 13.6 Å². The van der Waals surface area contributed by atoms with Crippen molar-refractivity contribution in [3.63, 3.8) is 0 Å². The van der Waals surface area contributed by atoms with Gasteiger partial charge in [0, 0.05) is 0 Å². The molecule has 1 unspecified atom stereocenters. The first-order valence-electron chi connectivity index (χ1n) is 7.81. The van der Waals surface area contributed by atoms with Gasteiger partial charge < -0.3 is 15.4 Å². The molecule has 2 N–H and O–H groups in total. The Hall–Kier alpha value is -2.04. The van der Waals surface area contributed by atoms with Gasteiger partial charge in [0.1, 0.15) is 12.4 Å². The van der Waals surface area contributed by atoms with Gasteiger partial charge in [0.2, 0.25) is 5.91 Å². The average Bonchev–Trinajstić information content (AvgIpc) is 2.53. The van der Waals surface area contributed by atoms with E-state index in [-0.39, 0.29) is 24.4 Å². The Labute approximate surface area is 150 Å². The third-order valence-corrected chi connectivity index (χ3v) is 3.58. The molecule has 1 atom stereocenters. The fourth-order valence-electron chi connectivity index (χ4n) is 2.36. The molecular weight excluding hydrogens is 324 g/mol. The Kier molecular flexibility index (Phi) is 8.30. The third kappa shape index (κ3) is 6.22. The maximum Gasteiger partial charge on any atom is 0.234 e. The number of aryl methyl sites for hydroxylation is 1. The summed E-state index contributed by atoms with van der Waals surface area (Å²) in [6.07, 6.45) is 0. The highest BCUT2D eigenvalue weighted by Gasteiger charge is 2.08. The number of nitrogens with one attached hydrogen (secondary N) is 2. The van der Waals surface area contributed by atoms with Crippen molar-refractivity contribution >= 4 is 18.3 Å². The van der Waals surface area contributed by atoms with Crippen LogP contribution in [0, 0.1) is 6.92 Å². The van der Waals surface area contributed by atoms with Crippen LogP contribution in [0.2, 0.25) is 0 Å². The van der Waals surface area contributed by atoms with Crippen molar-refractivity contribution in [3.8, 4) is 5.75 Å². The van der Waals surface area contributed by atoms with Crippen LogP contribution < -0.4 is 15.4 Å². The van der Waals surface area contributed by atoms with Crippen molar-refractivity contribution in [2.24, 2.45) is 0 Å². The highest BCUT2D eigenvalue weighted by atomic mass is 35.5. The summed E-state index contributed by atoms with van der Waals surface area (Å²) >= 11 is 0. The predicted molar refractivity (Wildman–Crippen MR) is 99.7 cm³/mol. The molecule has 0 spiro atoms. The molecule has 0 aromatic heterocycles. The number of ether oxygens (including phenoxy) is 1. The second-order valence-corrected chi connectivity index (χ2v) is 5.67. The van der Waals surface area contributed by atoms with Gasteiger partial charge in [-0.3, -0.25) is 4.79 Å². The van der Waals surface area contributed by atoms with Crippen LogP contribution in [0.3, 0.4) is 0 Å². The number of hydrogen-bond donors (Lipinski definition) is 2. The molecule has 0 aliphatic carbocycles. The quantitative estimate of drug-likeness (QED) is 0.806. The van der Waals surface area contributed by atoms with E-state index in [9.17, 15) is 4.79 Å². The van der Waals surface area contributed by atoms with Crippen molar-refractivity contribution < 1.29 is 9.53 Å². The summed E-state index contributed by atoms with van der Waals surface area (Å²) in [5.74, 6) is 0.809. The van der Waals surface area contributed by atoms with Crippen molar-refractivity contribution in [2.45, 2.75) is 26.5 Å². The smallest absolute Gasteiger partial charge is 0.234 e. The van der Waals surface area contributed by atoms with Gasteiger partial charge in [-0.1, -0.05) is 42.0 Å². The number of carbonyl (C=O) groups excluding carboxylic acids is 1. The first-order chi connectivity index (χ1) is 11.1. The summed E-state index contributed by atoms with van der Waals surface area (Å²) in [6, 6.07) is 16.1. The van der Waals surface area contributed by atoms with Gasteiger partial charge in [-0.05, 0) is 44.2 Å². The first kappa shape index (κ1) is 20.0. The molecule has 2 rings (SSSR count). The molecule has 130 valence electrons. The first-order valence-corrected chi connectivity index (χ1v) is 7.81. The summed E-state index contributed by atoms with van der Waals surface area (Å²) < 4.78 is 5.80. The molecule has 1 amide bonds. The summed E-state index contributed by atoms with van der Waals surface area (Å²) in [6.45, 7) is 4.91. The minimum absolute atomic E-state index is 0. The lowest BCUT2D eigenvalue weighted by atomic mass is 10.1. The largest absolute Gasteiger partial charge is 0.489 e. The SMILES string of the molecule is CNCC(=O)NC(C)c1ccc(OCc2cccc(C)c2)cc1.Cl. The highest BCUT2D eigenvalue weighted by molar-refractivity contribution is 5.85. The summed E-state index contributed by atoms with van der Waals surface area (Å²) in [7, 11) is 1.75. The Balaban J connectivity index is 0.00000288. The average molecular weight is 349 g/mol. The normalized spacial score (nSPS) is 11.3. The van der Waals surface area contributed by atoms with Gasteiger partial charge in [-0.15, -0.1) is 12.4 Å². The Bertz CT molecular complexity index is 644. The molecule has 2 aromatic rings. The van der Waals surface area contributed by atoms with Gasteiger partial charge in [0.15, 0.2) is 0 Å². The zero-order valence-electron chi connectivity index (χ0n) is 14.3. The van der Waals surface area contributed by atoms with Crippen LogP contribution in [0.5, 0.6) is 5.75 Å². The lowest BCUT2D eigenvalue weighted by Crippen LogP contribution is -2.33. The second kappa shape index (κ2) is 9.96. The number of rotatable bonds is 7. The molecule has 0 fully saturated rings. The lowest BCUT2D eigenvalue weighted by molar-refractivity contribution is -0.120. The van der Waals surface area contributed by atoms with Crippen LogP contribution in [0.4, 0.5) is 0 Å². The van der Waals surface area contributed by atoms with E-state index in [2.05, 4.69) is 35.8 Å². The van der Waals surface area contributed by atoms with Crippen LogP contribution in [0.15, 0.2) is 48.5 Å². The third-order valence-electron chi connectivity index (χ3n) is 3.58. The fraction of sp³-hybridized carbons (Fsp3) is 0.316. The predicted octanol–water partition coefficient (Wildman–Crippen LogP) is 3.39. The van der Waals surface area contributed by atoms with Crippen molar-refractivity contribution in [3.05, 3.63) is 65.2 Å². The molecule has 0 aliphatic heterocycles. The zero-order chi connectivity index (χ0) is 16.7. The van der Waals surface area contributed by atoms with Gasteiger partial charge in [-0.2, -0.15) is 0 Å². The molecular formula is C19H25ClN2O2. The molecule has 4 nitrogen and oxygen atoms in total. The van der Waals surface area contributed by atoms with Crippen LogP contribution in [0.25, 0.3) is 0 Å². The van der Waals surface area contributed by atoms with Crippen LogP contribution >= 0.6 is 12.4 Å². The van der Waals surface area contributed by atoms with Gasteiger partial charge >= 0.3 is 0 Å². The van der Waals surface area contributed by atoms with Crippen molar-refractivity contribution in [1.82, 2.24) is 10.6 Å². The zero-order valence-corrected chi connectivity index (χ0v) is 15.2. The molecule has 0 aliphatic rings. The number of hydrogen-bond acceptors (Lipinski definition) is 3. The van der Waals surface area contributed by atoms with E-state index in [0.717, 1.165) is 16.9 Å². The minimum atomic E-state index is -0.0262. The number of benzene rings is 2. The molecule has 0 heterocycles. The monoisotopic (exact) mass is 348 g/mol. The van der Waals surface area contributed by atoms with E-state index in [1.165, 1.54) is 5.56 Å².